The maximum atomic E-state index is 11.7. The molecule has 0 bridgehead atoms. The van der Waals surface area contributed by atoms with Gasteiger partial charge < -0.3 is 4.98 Å². The van der Waals surface area contributed by atoms with Crippen LogP contribution in [0, 0.1) is 6.92 Å². The average molecular weight is 269 g/mol. The molecule has 0 aromatic carbocycles. The number of hydrogen-bond acceptors (Lipinski definition) is 4. The van der Waals surface area contributed by atoms with Crippen molar-refractivity contribution in [1.29, 1.82) is 0 Å². The highest BCUT2D eigenvalue weighted by Gasteiger charge is 2.14. The Kier molecular flexibility index (Phi) is 3.78. The smallest absolute Gasteiger partial charge is 0.257 e. The van der Waals surface area contributed by atoms with Crippen molar-refractivity contribution in [3.63, 3.8) is 0 Å². The summed E-state index contributed by atoms with van der Waals surface area (Å²) < 4.78 is 26.0. The monoisotopic (exact) mass is 269 g/mol. The van der Waals surface area contributed by atoms with E-state index in [4.69, 9.17) is 0 Å². The first kappa shape index (κ1) is 12.8. The molecule has 2 heterocycles. The van der Waals surface area contributed by atoms with E-state index in [0.717, 1.165) is 17.7 Å². The van der Waals surface area contributed by atoms with Gasteiger partial charge in [-0.15, -0.1) is 0 Å². The zero-order valence-electron chi connectivity index (χ0n) is 9.97. The van der Waals surface area contributed by atoms with Crippen LogP contribution in [0.2, 0.25) is 0 Å². The topological polar surface area (TPSA) is 104 Å². The van der Waals surface area contributed by atoms with E-state index in [-0.39, 0.29) is 5.03 Å². The summed E-state index contributed by atoms with van der Waals surface area (Å²) in [5, 5.41) is 6.84. The molecule has 0 spiro atoms. The Hall–Kier alpha value is -1.67. The summed E-state index contributed by atoms with van der Waals surface area (Å²) in [6, 6.07) is 0. The number of hydrogen-bond donors (Lipinski definition) is 3. The van der Waals surface area contributed by atoms with Crippen LogP contribution in [0.15, 0.2) is 23.7 Å². The molecule has 7 nitrogen and oxygen atoms in total. The van der Waals surface area contributed by atoms with Crippen LogP contribution >= 0.6 is 0 Å². The fourth-order valence-electron chi connectivity index (χ4n) is 1.58. The van der Waals surface area contributed by atoms with Crippen molar-refractivity contribution in [1.82, 2.24) is 24.9 Å². The maximum Gasteiger partial charge on any atom is 0.257 e. The molecular formula is C10H15N5O2S. The number of aromatic amines is 2. The van der Waals surface area contributed by atoms with Gasteiger partial charge in [-0.05, 0) is 25.3 Å². The van der Waals surface area contributed by atoms with Crippen molar-refractivity contribution in [2.75, 3.05) is 6.54 Å². The zero-order valence-corrected chi connectivity index (χ0v) is 10.8. The van der Waals surface area contributed by atoms with E-state index < -0.39 is 10.0 Å². The summed E-state index contributed by atoms with van der Waals surface area (Å²) in [5.41, 5.74) is 2.13. The number of imidazole rings is 1. The molecule has 0 radical (unpaired) electrons. The second kappa shape index (κ2) is 5.32. The summed E-state index contributed by atoms with van der Waals surface area (Å²) in [6.45, 7) is 2.32. The van der Waals surface area contributed by atoms with Gasteiger partial charge in [-0.2, -0.15) is 5.10 Å². The third-order valence-corrected chi connectivity index (χ3v) is 4.00. The first-order valence-corrected chi connectivity index (χ1v) is 7.05. The van der Waals surface area contributed by atoms with Crippen LogP contribution < -0.4 is 4.72 Å². The standard InChI is InChI=1S/C10H15N5O2S/c1-8-9(5-13-15-8)3-2-4-14-18(16,17)10-6-11-7-12-10/h5-7,14H,2-4H2,1H3,(H,11,12)(H,13,15). The van der Waals surface area contributed by atoms with Gasteiger partial charge in [0, 0.05) is 12.2 Å². The van der Waals surface area contributed by atoms with Crippen LogP contribution in [-0.2, 0) is 16.4 Å². The van der Waals surface area contributed by atoms with Crippen molar-refractivity contribution in [2.45, 2.75) is 24.8 Å². The Balaban J connectivity index is 1.81. The number of aromatic nitrogens is 4. The van der Waals surface area contributed by atoms with Crippen LogP contribution in [0.5, 0.6) is 0 Å². The van der Waals surface area contributed by atoms with Gasteiger partial charge in [-0.3, -0.25) is 5.10 Å². The van der Waals surface area contributed by atoms with Crippen molar-refractivity contribution in [3.8, 4) is 0 Å². The highest BCUT2D eigenvalue weighted by Crippen LogP contribution is 2.06. The summed E-state index contributed by atoms with van der Waals surface area (Å²) in [4.78, 5) is 6.25. The highest BCUT2D eigenvalue weighted by atomic mass is 32.2. The average Bonchev–Trinajstić information content (AvgIpc) is 2.96. The lowest BCUT2D eigenvalue weighted by Gasteiger charge is -2.04. The number of aryl methyl sites for hydroxylation is 2. The molecular weight excluding hydrogens is 254 g/mol. The largest absolute Gasteiger partial charge is 0.335 e. The van der Waals surface area contributed by atoms with Crippen LogP contribution in [0.25, 0.3) is 0 Å². The van der Waals surface area contributed by atoms with Gasteiger partial charge in [0.25, 0.3) is 10.0 Å². The fraction of sp³-hybridized carbons (Fsp3) is 0.400. The SMILES string of the molecule is Cc1[nH]ncc1CCCNS(=O)(=O)c1cnc[nH]1. The van der Waals surface area contributed by atoms with Gasteiger partial charge >= 0.3 is 0 Å². The molecule has 0 atom stereocenters. The third-order valence-electron chi connectivity index (χ3n) is 2.61. The normalized spacial score (nSPS) is 11.8. The predicted molar refractivity (Wildman–Crippen MR) is 65.4 cm³/mol. The van der Waals surface area contributed by atoms with Crippen LogP contribution in [0.4, 0.5) is 0 Å². The van der Waals surface area contributed by atoms with E-state index in [1.54, 1.807) is 6.20 Å². The Morgan fingerprint density at radius 1 is 1.39 bits per heavy atom. The van der Waals surface area contributed by atoms with E-state index in [0.29, 0.717) is 13.0 Å². The van der Waals surface area contributed by atoms with E-state index in [1.165, 1.54) is 12.5 Å². The molecule has 0 aliphatic rings. The van der Waals surface area contributed by atoms with Crippen molar-refractivity contribution in [3.05, 3.63) is 30.0 Å². The molecule has 0 amide bonds. The Morgan fingerprint density at radius 3 is 2.83 bits per heavy atom. The van der Waals surface area contributed by atoms with E-state index in [9.17, 15) is 8.42 Å². The van der Waals surface area contributed by atoms with Gasteiger partial charge in [0.1, 0.15) is 0 Å². The van der Waals surface area contributed by atoms with Gasteiger partial charge in [0.2, 0.25) is 0 Å². The number of rotatable bonds is 6. The van der Waals surface area contributed by atoms with E-state index in [2.05, 4.69) is 24.9 Å². The lowest BCUT2D eigenvalue weighted by Crippen LogP contribution is -2.25. The lowest BCUT2D eigenvalue weighted by molar-refractivity contribution is 0.576. The van der Waals surface area contributed by atoms with Crippen LogP contribution in [-0.4, -0.2) is 35.1 Å². The first-order valence-electron chi connectivity index (χ1n) is 5.56. The molecule has 98 valence electrons. The second-order valence-corrected chi connectivity index (χ2v) is 5.67. The molecule has 0 unspecified atom stereocenters. The van der Waals surface area contributed by atoms with Gasteiger partial charge in [0.15, 0.2) is 5.03 Å². The molecule has 0 aliphatic carbocycles. The molecule has 2 aromatic heterocycles. The summed E-state index contributed by atoms with van der Waals surface area (Å²) in [5.74, 6) is 0. The quantitative estimate of drug-likeness (QED) is 0.658. The molecule has 3 N–H and O–H groups in total. The predicted octanol–water partition coefficient (Wildman–Crippen LogP) is 0.352. The van der Waals surface area contributed by atoms with Gasteiger partial charge in [-0.1, -0.05) is 0 Å². The van der Waals surface area contributed by atoms with Crippen LogP contribution in [0.3, 0.4) is 0 Å². The zero-order chi connectivity index (χ0) is 13.0. The molecule has 0 saturated carbocycles. The second-order valence-electron chi connectivity index (χ2n) is 3.94. The minimum Gasteiger partial charge on any atom is -0.335 e. The van der Waals surface area contributed by atoms with Crippen molar-refractivity contribution >= 4 is 10.0 Å². The molecule has 2 aromatic rings. The van der Waals surface area contributed by atoms with Crippen molar-refractivity contribution in [2.24, 2.45) is 0 Å². The Bertz CT molecular complexity index is 588. The summed E-state index contributed by atoms with van der Waals surface area (Å²) in [7, 11) is -3.46. The molecule has 2 rings (SSSR count). The minimum atomic E-state index is -3.46. The third kappa shape index (κ3) is 2.96. The molecule has 8 heteroatoms. The van der Waals surface area contributed by atoms with E-state index in [1.807, 2.05) is 6.92 Å². The number of H-pyrrole nitrogens is 2. The summed E-state index contributed by atoms with van der Waals surface area (Å²) in [6.07, 6.45) is 5.88. The van der Waals surface area contributed by atoms with Gasteiger partial charge in [0.05, 0.1) is 18.7 Å². The lowest BCUT2D eigenvalue weighted by atomic mass is 10.1. The number of nitrogens with one attached hydrogen (secondary N) is 3. The fourth-order valence-corrected chi connectivity index (χ4v) is 2.56. The maximum absolute atomic E-state index is 11.7. The Morgan fingerprint density at radius 2 is 2.22 bits per heavy atom. The van der Waals surface area contributed by atoms with Gasteiger partial charge in [-0.25, -0.2) is 18.1 Å². The van der Waals surface area contributed by atoms with E-state index >= 15 is 0 Å². The highest BCUT2D eigenvalue weighted by molar-refractivity contribution is 7.89. The minimum absolute atomic E-state index is 0.0852. The first-order chi connectivity index (χ1) is 8.59. The van der Waals surface area contributed by atoms with Crippen molar-refractivity contribution < 1.29 is 8.42 Å². The molecule has 0 fully saturated rings. The Labute approximate surface area is 105 Å². The molecule has 0 aliphatic heterocycles. The molecule has 0 saturated heterocycles. The summed E-state index contributed by atoms with van der Waals surface area (Å²) >= 11 is 0. The number of sulfonamides is 1. The van der Waals surface area contributed by atoms with Crippen LogP contribution in [0.1, 0.15) is 17.7 Å². The number of nitrogens with zero attached hydrogens (tertiary/aromatic N) is 2. The molecule has 18 heavy (non-hydrogen) atoms.